The Bertz CT molecular complexity index is 2840. The highest BCUT2D eigenvalue weighted by Gasteiger charge is 2.46. The van der Waals surface area contributed by atoms with Crippen molar-refractivity contribution in [2.45, 2.75) is 5.41 Å². The van der Waals surface area contributed by atoms with Crippen LogP contribution in [0.3, 0.4) is 0 Å². The van der Waals surface area contributed by atoms with Crippen molar-refractivity contribution in [3.63, 3.8) is 0 Å². The molecule has 0 atom stereocenters. The third-order valence-electron chi connectivity index (χ3n) is 10.9. The van der Waals surface area contributed by atoms with Crippen LogP contribution >= 0.6 is 11.3 Å². The van der Waals surface area contributed by atoms with E-state index in [9.17, 15) is 0 Å². The van der Waals surface area contributed by atoms with Gasteiger partial charge >= 0.3 is 0 Å². The average Bonchev–Trinajstić information content (AvgIpc) is 3.69. The molecule has 0 bridgehead atoms. The fourth-order valence-electron chi connectivity index (χ4n) is 9.00. The lowest BCUT2D eigenvalue weighted by Gasteiger charge is -2.33. The summed E-state index contributed by atoms with van der Waals surface area (Å²) in [6.07, 6.45) is 0. The van der Waals surface area contributed by atoms with E-state index < -0.39 is 0 Å². The maximum atomic E-state index is 2.47. The molecule has 0 nitrogen and oxygen atoms in total. The van der Waals surface area contributed by atoms with Crippen LogP contribution in [0, 0.1) is 0 Å². The lowest BCUT2D eigenvalue weighted by molar-refractivity contribution is 0.768. The predicted octanol–water partition coefficient (Wildman–Crippen LogP) is 13.0. The van der Waals surface area contributed by atoms with Gasteiger partial charge in [-0.25, -0.2) is 0 Å². The molecule has 1 aromatic heterocycles. The molecule has 0 unspecified atom stereocenters. The first-order valence-corrected chi connectivity index (χ1v) is 17.5. The molecule has 0 radical (unpaired) electrons. The van der Waals surface area contributed by atoms with Gasteiger partial charge in [0, 0.05) is 25.6 Å². The van der Waals surface area contributed by atoms with E-state index in [1.54, 1.807) is 0 Å². The van der Waals surface area contributed by atoms with E-state index in [0.717, 1.165) is 0 Å². The maximum Gasteiger partial charge on any atom is 0.0713 e. The molecule has 0 saturated carbocycles. The average molecular weight is 625 g/mol. The molecule has 1 aliphatic carbocycles. The van der Waals surface area contributed by atoms with Gasteiger partial charge in [-0.3, -0.25) is 0 Å². The topological polar surface area (TPSA) is 0 Å². The standard InChI is InChI=1S/C47H28S/c1-3-14-31(15-4-1)47(32-16-5-2-6-17-32)40-23-9-7-18-33(40)39-27-29(25-26-41(39)47)38-28-30-13-11-21-36-43(30)44-34(38)20-12-22-37(44)46-45(36)35-19-8-10-24-42(35)48-46/h1-28H. The Balaban J connectivity index is 1.23. The molecule has 11 rings (SSSR count). The Morgan fingerprint density at radius 3 is 1.85 bits per heavy atom. The molecule has 0 fully saturated rings. The minimum atomic E-state index is -0.390. The normalized spacial score (nSPS) is 13.6. The van der Waals surface area contributed by atoms with Crippen molar-refractivity contribution in [1.82, 2.24) is 0 Å². The van der Waals surface area contributed by atoms with Crippen molar-refractivity contribution in [2.75, 3.05) is 0 Å². The Hall–Kier alpha value is -5.76. The molecular weight excluding hydrogens is 597 g/mol. The van der Waals surface area contributed by atoms with Gasteiger partial charge in [0.05, 0.1) is 5.41 Å². The predicted molar refractivity (Wildman–Crippen MR) is 206 cm³/mol. The molecule has 1 aliphatic rings. The van der Waals surface area contributed by atoms with Gasteiger partial charge in [-0.2, -0.15) is 0 Å². The molecule has 222 valence electrons. The molecule has 10 aromatic rings. The van der Waals surface area contributed by atoms with Crippen molar-refractivity contribution < 1.29 is 0 Å². The van der Waals surface area contributed by atoms with Crippen molar-refractivity contribution in [2.24, 2.45) is 0 Å². The van der Waals surface area contributed by atoms with Crippen molar-refractivity contribution in [1.29, 1.82) is 0 Å². The fourth-order valence-corrected chi connectivity index (χ4v) is 10.3. The van der Waals surface area contributed by atoms with Gasteiger partial charge < -0.3 is 0 Å². The zero-order valence-electron chi connectivity index (χ0n) is 26.1. The monoisotopic (exact) mass is 624 g/mol. The first kappa shape index (κ1) is 26.3. The van der Waals surface area contributed by atoms with E-state index >= 15 is 0 Å². The van der Waals surface area contributed by atoms with Gasteiger partial charge in [-0.05, 0) is 89.6 Å². The Morgan fingerprint density at radius 1 is 0.375 bits per heavy atom. The molecule has 0 aliphatic heterocycles. The molecule has 1 heteroatoms. The summed E-state index contributed by atoms with van der Waals surface area (Å²) in [4.78, 5) is 0. The minimum Gasteiger partial charge on any atom is -0.135 e. The number of thiophene rings is 1. The summed E-state index contributed by atoms with van der Waals surface area (Å²) in [5, 5.41) is 10.8. The summed E-state index contributed by atoms with van der Waals surface area (Å²) in [5.41, 5.74) is 10.1. The Kier molecular flexibility index (Phi) is 5.29. The van der Waals surface area contributed by atoms with E-state index in [2.05, 4.69) is 170 Å². The molecule has 0 N–H and O–H groups in total. The summed E-state index contributed by atoms with van der Waals surface area (Å²) in [6.45, 7) is 0. The number of fused-ring (bicyclic) bond motifs is 8. The Morgan fingerprint density at radius 2 is 1.02 bits per heavy atom. The number of benzene rings is 9. The third-order valence-corrected chi connectivity index (χ3v) is 12.1. The van der Waals surface area contributed by atoms with E-state index in [0.29, 0.717) is 0 Å². The summed E-state index contributed by atoms with van der Waals surface area (Å²) < 4.78 is 2.74. The first-order chi connectivity index (χ1) is 23.8. The van der Waals surface area contributed by atoms with Crippen molar-refractivity contribution >= 4 is 63.8 Å². The maximum absolute atomic E-state index is 2.47. The van der Waals surface area contributed by atoms with Crippen LogP contribution in [-0.4, -0.2) is 0 Å². The summed E-state index contributed by atoms with van der Waals surface area (Å²) in [5.74, 6) is 0. The molecule has 0 spiro atoms. The van der Waals surface area contributed by atoms with Gasteiger partial charge in [0.1, 0.15) is 0 Å². The quantitative estimate of drug-likeness (QED) is 0.172. The second-order valence-corrected chi connectivity index (χ2v) is 14.2. The summed E-state index contributed by atoms with van der Waals surface area (Å²) in [7, 11) is 0. The SMILES string of the molecule is c1ccc(C2(c3ccccc3)c3ccccc3-c3cc(-c4cc5cccc6c7c8ccccc8sc7c7cccc4c7c56)ccc32)cc1. The van der Waals surface area contributed by atoms with Gasteiger partial charge in [-0.15, -0.1) is 11.3 Å². The van der Waals surface area contributed by atoms with Gasteiger partial charge in [0.15, 0.2) is 0 Å². The van der Waals surface area contributed by atoms with Crippen LogP contribution in [-0.2, 0) is 5.41 Å². The summed E-state index contributed by atoms with van der Waals surface area (Å²) in [6, 6.07) is 63.5. The Labute approximate surface area is 282 Å². The number of hydrogen-bond donors (Lipinski definition) is 0. The fraction of sp³-hybridized carbons (Fsp3) is 0.0213. The van der Waals surface area contributed by atoms with E-state index in [-0.39, 0.29) is 5.41 Å². The van der Waals surface area contributed by atoms with Crippen LogP contribution in [0.1, 0.15) is 22.3 Å². The van der Waals surface area contributed by atoms with E-state index in [1.807, 2.05) is 11.3 Å². The van der Waals surface area contributed by atoms with Crippen LogP contribution in [0.2, 0.25) is 0 Å². The van der Waals surface area contributed by atoms with E-state index in [4.69, 9.17) is 0 Å². The van der Waals surface area contributed by atoms with Crippen LogP contribution in [0.15, 0.2) is 170 Å². The molecule has 48 heavy (non-hydrogen) atoms. The molecule has 0 amide bonds. The lowest BCUT2D eigenvalue weighted by Crippen LogP contribution is -2.28. The van der Waals surface area contributed by atoms with Crippen LogP contribution in [0.25, 0.3) is 74.7 Å². The van der Waals surface area contributed by atoms with Crippen LogP contribution < -0.4 is 0 Å². The van der Waals surface area contributed by atoms with Crippen molar-refractivity contribution in [3.05, 3.63) is 192 Å². The number of hydrogen-bond acceptors (Lipinski definition) is 1. The van der Waals surface area contributed by atoms with Crippen molar-refractivity contribution in [3.8, 4) is 22.3 Å². The summed E-state index contributed by atoms with van der Waals surface area (Å²) >= 11 is 1.93. The molecule has 9 aromatic carbocycles. The second kappa shape index (κ2) is 9.64. The highest BCUT2D eigenvalue weighted by atomic mass is 32.1. The second-order valence-electron chi connectivity index (χ2n) is 13.1. The van der Waals surface area contributed by atoms with Crippen LogP contribution in [0.4, 0.5) is 0 Å². The van der Waals surface area contributed by atoms with E-state index in [1.165, 1.54) is 97.0 Å². The third kappa shape index (κ3) is 3.29. The zero-order chi connectivity index (χ0) is 31.4. The smallest absolute Gasteiger partial charge is 0.0713 e. The zero-order valence-corrected chi connectivity index (χ0v) is 26.9. The highest BCUT2D eigenvalue weighted by molar-refractivity contribution is 7.27. The molecule has 1 heterocycles. The van der Waals surface area contributed by atoms with Gasteiger partial charge in [0.25, 0.3) is 0 Å². The largest absolute Gasteiger partial charge is 0.135 e. The van der Waals surface area contributed by atoms with Gasteiger partial charge in [-0.1, -0.05) is 152 Å². The highest BCUT2D eigenvalue weighted by Crippen LogP contribution is 2.57. The lowest BCUT2D eigenvalue weighted by atomic mass is 9.67. The van der Waals surface area contributed by atoms with Crippen LogP contribution in [0.5, 0.6) is 0 Å². The minimum absolute atomic E-state index is 0.390. The number of rotatable bonds is 3. The molecule has 0 saturated heterocycles. The first-order valence-electron chi connectivity index (χ1n) is 16.7. The molecular formula is C47H28S. The van der Waals surface area contributed by atoms with Gasteiger partial charge in [0.2, 0.25) is 0 Å².